The highest BCUT2D eigenvalue weighted by Gasteiger charge is 2.27. The number of likely N-dealkylation sites (tertiary alicyclic amines) is 1. The fourth-order valence-electron chi connectivity index (χ4n) is 2.10. The van der Waals surface area contributed by atoms with Crippen LogP contribution in [0.1, 0.15) is 19.3 Å². The number of nitrogens with one attached hydrogen (secondary N) is 1. The van der Waals surface area contributed by atoms with Crippen LogP contribution in [-0.4, -0.2) is 56.6 Å². The number of methoxy groups -OCH3 is 1. The number of rotatable bonds is 6. The molecule has 0 saturated carbocycles. The molecule has 6 heteroatoms. The van der Waals surface area contributed by atoms with Gasteiger partial charge in [0.25, 0.3) is 0 Å². The van der Waals surface area contributed by atoms with Gasteiger partial charge in [-0.2, -0.15) is 0 Å². The Morgan fingerprint density at radius 2 is 2.28 bits per heavy atom. The predicted octanol–water partition coefficient (Wildman–Crippen LogP) is -0.664. The number of amides is 2. The van der Waals surface area contributed by atoms with E-state index >= 15 is 0 Å². The van der Waals surface area contributed by atoms with Crippen molar-refractivity contribution in [3.05, 3.63) is 0 Å². The first kappa shape index (κ1) is 14.9. The summed E-state index contributed by atoms with van der Waals surface area (Å²) in [7, 11) is 1.58. The molecule has 1 aliphatic rings. The third kappa shape index (κ3) is 4.62. The molecule has 1 fully saturated rings. The number of carbonyl (C=O) groups excluding carboxylic acids is 2. The zero-order chi connectivity index (χ0) is 13.4. The van der Waals surface area contributed by atoms with Crippen molar-refractivity contribution in [3.8, 4) is 0 Å². The van der Waals surface area contributed by atoms with Crippen LogP contribution < -0.4 is 11.1 Å². The standard InChI is InChI=1S/C12H23N3O3/c1-18-8-4-11(16)15-7-2-3-10(9-15)12(17)14-6-5-13/h10H,2-9,13H2,1H3,(H,14,17). The van der Waals surface area contributed by atoms with Gasteiger partial charge in [0, 0.05) is 33.3 Å². The summed E-state index contributed by atoms with van der Waals surface area (Å²) >= 11 is 0. The molecule has 3 N–H and O–H groups in total. The zero-order valence-electron chi connectivity index (χ0n) is 11.0. The Kier molecular flexibility index (Phi) is 6.67. The molecule has 6 nitrogen and oxygen atoms in total. The number of nitrogens with zero attached hydrogens (tertiary/aromatic N) is 1. The van der Waals surface area contributed by atoms with E-state index in [-0.39, 0.29) is 17.7 Å². The molecule has 0 radical (unpaired) electrons. The molecule has 104 valence electrons. The summed E-state index contributed by atoms with van der Waals surface area (Å²) in [5, 5.41) is 2.78. The first-order chi connectivity index (χ1) is 8.69. The van der Waals surface area contributed by atoms with Gasteiger partial charge in [-0.25, -0.2) is 0 Å². The summed E-state index contributed by atoms with van der Waals surface area (Å²) in [4.78, 5) is 25.4. The molecule has 1 unspecified atom stereocenters. The molecule has 18 heavy (non-hydrogen) atoms. The highest BCUT2D eigenvalue weighted by Crippen LogP contribution is 2.17. The van der Waals surface area contributed by atoms with E-state index in [2.05, 4.69) is 5.32 Å². The van der Waals surface area contributed by atoms with Gasteiger partial charge in [-0.05, 0) is 12.8 Å². The third-order valence-corrected chi connectivity index (χ3v) is 3.11. The predicted molar refractivity (Wildman–Crippen MR) is 67.9 cm³/mol. The maximum atomic E-state index is 11.8. The monoisotopic (exact) mass is 257 g/mol. The minimum Gasteiger partial charge on any atom is -0.384 e. The summed E-state index contributed by atoms with van der Waals surface area (Å²) in [5.74, 6) is -0.0327. The number of hydrogen-bond acceptors (Lipinski definition) is 4. The summed E-state index contributed by atoms with van der Waals surface area (Å²) in [6.07, 6.45) is 2.09. The maximum absolute atomic E-state index is 11.8. The minimum absolute atomic E-state index is 0.00434. The summed E-state index contributed by atoms with van der Waals surface area (Å²) < 4.78 is 4.89. The fourth-order valence-corrected chi connectivity index (χ4v) is 2.10. The third-order valence-electron chi connectivity index (χ3n) is 3.11. The molecule has 0 aliphatic carbocycles. The molecule has 1 atom stereocenters. The second kappa shape index (κ2) is 8.05. The Bertz CT molecular complexity index is 258. The van der Waals surface area contributed by atoms with E-state index in [4.69, 9.17) is 10.5 Å². The molecule has 1 aliphatic heterocycles. The van der Waals surface area contributed by atoms with Gasteiger partial charge in [0.15, 0.2) is 0 Å². The summed E-state index contributed by atoms with van der Waals surface area (Å²) in [5.41, 5.74) is 5.34. The zero-order valence-corrected chi connectivity index (χ0v) is 11.0. The lowest BCUT2D eigenvalue weighted by Crippen LogP contribution is -2.46. The molecular weight excluding hydrogens is 234 g/mol. The van der Waals surface area contributed by atoms with Crippen LogP contribution in [0.25, 0.3) is 0 Å². The lowest BCUT2D eigenvalue weighted by atomic mass is 9.97. The molecular formula is C12H23N3O3. The van der Waals surface area contributed by atoms with Gasteiger partial charge in [0.1, 0.15) is 0 Å². The SMILES string of the molecule is COCCC(=O)N1CCCC(C(=O)NCCN)C1. The van der Waals surface area contributed by atoms with Crippen molar-refractivity contribution in [1.82, 2.24) is 10.2 Å². The number of carbonyl (C=O) groups is 2. The van der Waals surface area contributed by atoms with E-state index < -0.39 is 0 Å². The van der Waals surface area contributed by atoms with E-state index in [1.165, 1.54) is 0 Å². The van der Waals surface area contributed by atoms with Crippen LogP contribution in [0.3, 0.4) is 0 Å². The fraction of sp³-hybridized carbons (Fsp3) is 0.833. The van der Waals surface area contributed by atoms with Gasteiger partial charge in [0.2, 0.25) is 11.8 Å². The van der Waals surface area contributed by atoms with E-state index in [1.54, 1.807) is 12.0 Å². The van der Waals surface area contributed by atoms with Gasteiger partial charge in [-0.1, -0.05) is 0 Å². The van der Waals surface area contributed by atoms with E-state index in [0.717, 1.165) is 19.4 Å². The molecule has 0 spiro atoms. The van der Waals surface area contributed by atoms with Crippen molar-refractivity contribution in [1.29, 1.82) is 0 Å². The van der Waals surface area contributed by atoms with Crippen LogP contribution in [0.2, 0.25) is 0 Å². The molecule has 1 rings (SSSR count). The van der Waals surface area contributed by atoms with Crippen LogP contribution >= 0.6 is 0 Å². The number of piperidine rings is 1. The first-order valence-electron chi connectivity index (χ1n) is 6.43. The normalized spacial score (nSPS) is 19.7. The quantitative estimate of drug-likeness (QED) is 0.661. The van der Waals surface area contributed by atoms with E-state index in [1.807, 2.05) is 0 Å². The number of nitrogens with two attached hydrogens (primary N) is 1. The Morgan fingerprint density at radius 3 is 2.94 bits per heavy atom. The molecule has 1 heterocycles. The Balaban J connectivity index is 2.40. The van der Waals surface area contributed by atoms with Crippen LogP contribution in [-0.2, 0) is 14.3 Å². The van der Waals surface area contributed by atoms with Crippen molar-refractivity contribution < 1.29 is 14.3 Å². The van der Waals surface area contributed by atoms with Crippen LogP contribution in [0.15, 0.2) is 0 Å². The summed E-state index contributed by atoms with van der Waals surface area (Å²) in [6.45, 7) is 2.61. The topological polar surface area (TPSA) is 84.7 Å². The molecule has 2 amide bonds. The minimum atomic E-state index is -0.100. The van der Waals surface area contributed by atoms with Crippen molar-refractivity contribution in [2.24, 2.45) is 11.7 Å². The van der Waals surface area contributed by atoms with Crippen LogP contribution in [0, 0.1) is 5.92 Å². The smallest absolute Gasteiger partial charge is 0.224 e. The Hall–Kier alpha value is -1.14. The molecule has 0 aromatic rings. The van der Waals surface area contributed by atoms with Crippen molar-refractivity contribution in [3.63, 3.8) is 0 Å². The lowest BCUT2D eigenvalue weighted by Gasteiger charge is -2.32. The highest BCUT2D eigenvalue weighted by atomic mass is 16.5. The molecule has 0 bridgehead atoms. The molecule has 0 aromatic carbocycles. The van der Waals surface area contributed by atoms with E-state index in [0.29, 0.717) is 32.7 Å². The van der Waals surface area contributed by atoms with Gasteiger partial charge in [-0.3, -0.25) is 9.59 Å². The lowest BCUT2D eigenvalue weighted by molar-refractivity contribution is -0.136. The highest BCUT2D eigenvalue weighted by molar-refractivity contribution is 5.81. The molecule has 0 aromatic heterocycles. The maximum Gasteiger partial charge on any atom is 0.224 e. The van der Waals surface area contributed by atoms with Crippen LogP contribution in [0.5, 0.6) is 0 Å². The van der Waals surface area contributed by atoms with Gasteiger partial charge < -0.3 is 20.7 Å². The van der Waals surface area contributed by atoms with Gasteiger partial charge >= 0.3 is 0 Å². The average molecular weight is 257 g/mol. The molecule has 1 saturated heterocycles. The van der Waals surface area contributed by atoms with Crippen LogP contribution in [0.4, 0.5) is 0 Å². The number of ether oxygens (including phenoxy) is 1. The summed E-state index contributed by atoms with van der Waals surface area (Å²) in [6, 6.07) is 0. The van der Waals surface area contributed by atoms with Crippen molar-refractivity contribution in [2.75, 3.05) is 39.9 Å². The van der Waals surface area contributed by atoms with Gasteiger partial charge in [-0.15, -0.1) is 0 Å². The number of hydrogen-bond donors (Lipinski definition) is 2. The van der Waals surface area contributed by atoms with Gasteiger partial charge in [0.05, 0.1) is 18.9 Å². The second-order valence-corrected chi connectivity index (χ2v) is 4.50. The first-order valence-corrected chi connectivity index (χ1v) is 6.43. The largest absolute Gasteiger partial charge is 0.384 e. The second-order valence-electron chi connectivity index (χ2n) is 4.50. The Morgan fingerprint density at radius 1 is 1.50 bits per heavy atom. The average Bonchev–Trinajstić information content (AvgIpc) is 2.42. The van der Waals surface area contributed by atoms with Crippen molar-refractivity contribution in [2.45, 2.75) is 19.3 Å². The van der Waals surface area contributed by atoms with Crippen molar-refractivity contribution >= 4 is 11.8 Å². The Labute approximate surface area is 108 Å². The van der Waals surface area contributed by atoms with E-state index in [9.17, 15) is 9.59 Å².